The van der Waals surface area contributed by atoms with Crippen LogP contribution in [0.1, 0.15) is 17.5 Å². The molecule has 0 spiro atoms. The third-order valence-corrected chi connectivity index (χ3v) is 3.84. The maximum atomic E-state index is 9.45. The van der Waals surface area contributed by atoms with Crippen molar-refractivity contribution in [3.63, 3.8) is 0 Å². The second-order valence-corrected chi connectivity index (χ2v) is 5.39. The van der Waals surface area contributed by atoms with E-state index in [0.29, 0.717) is 5.75 Å². The highest BCUT2D eigenvalue weighted by atomic mass is 16.3. The first-order valence-electron chi connectivity index (χ1n) is 7.08. The van der Waals surface area contributed by atoms with Crippen molar-refractivity contribution in [1.82, 2.24) is 0 Å². The van der Waals surface area contributed by atoms with Crippen LogP contribution in [0.2, 0.25) is 0 Å². The van der Waals surface area contributed by atoms with Crippen LogP contribution in [-0.2, 0) is 13.0 Å². The number of anilines is 2. The lowest BCUT2D eigenvalue weighted by atomic mass is 9.99. The van der Waals surface area contributed by atoms with Gasteiger partial charge in [0, 0.05) is 37.6 Å². The smallest absolute Gasteiger partial charge is 0.117 e. The maximum Gasteiger partial charge on any atom is 0.117 e. The molecule has 0 saturated heterocycles. The number of nitrogens with zero attached hydrogens (tertiary/aromatic N) is 1. The number of rotatable bonds is 3. The summed E-state index contributed by atoms with van der Waals surface area (Å²) >= 11 is 0. The molecule has 3 heteroatoms. The lowest BCUT2D eigenvalue weighted by molar-refractivity contribution is 0.475. The first kappa shape index (κ1) is 12.9. The molecule has 0 bridgehead atoms. The number of nitrogens with one attached hydrogen (secondary N) is 1. The van der Waals surface area contributed by atoms with Crippen LogP contribution in [0.4, 0.5) is 11.4 Å². The average Bonchev–Trinajstić information content (AvgIpc) is 2.45. The van der Waals surface area contributed by atoms with E-state index in [-0.39, 0.29) is 0 Å². The molecule has 104 valence electrons. The summed E-state index contributed by atoms with van der Waals surface area (Å²) in [6.45, 7) is 1.92. The first-order valence-corrected chi connectivity index (χ1v) is 7.08. The molecule has 0 saturated carbocycles. The first-order chi connectivity index (χ1) is 9.72. The predicted octanol–water partition coefficient (Wildman–Crippen LogP) is 3.39. The molecule has 1 heterocycles. The van der Waals surface area contributed by atoms with Crippen LogP contribution in [0.25, 0.3) is 0 Å². The third-order valence-electron chi connectivity index (χ3n) is 3.84. The SMILES string of the molecule is CN1CCCc2cc(CNc3cccc(O)c3)ccc21. The van der Waals surface area contributed by atoms with Gasteiger partial charge in [-0.05, 0) is 42.2 Å². The molecule has 3 nitrogen and oxygen atoms in total. The van der Waals surface area contributed by atoms with Crippen molar-refractivity contribution in [2.45, 2.75) is 19.4 Å². The van der Waals surface area contributed by atoms with Crippen molar-refractivity contribution in [1.29, 1.82) is 0 Å². The van der Waals surface area contributed by atoms with Gasteiger partial charge < -0.3 is 15.3 Å². The van der Waals surface area contributed by atoms with Crippen molar-refractivity contribution in [2.75, 3.05) is 23.8 Å². The van der Waals surface area contributed by atoms with Gasteiger partial charge >= 0.3 is 0 Å². The number of aromatic hydroxyl groups is 1. The summed E-state index contributed by atoms with van der Waals surface area (Å²) in [6, 6.07) is 13.9. The lowest BCUT2D eigenvalue weighted by Crippen LogP contribution is -2.24. The molecule has 3 rings (SSSR count). The van der Waals surface area contributed by atoms with E-state index in [9.17, 15) is 5.11 Å². The molecule has 2 aromatic rings. The average molecular weight is 268 g/mol. The van der Waals surface area contributed by atoms with Crippen molar-refractivity contribution < 1.29 is 5.11 Å². The Morgan fingerprint density at radius 1 is 1.20 bits per heavy atom. The highest BCUT2D eigenvalue weighted by Crippen LogP contribution is 2.27. The van der Waals surface area contributed by atoms with E-state index in [4.69, 9.17) is 0 Å². The fourth-order valence-corrected chi connectivity index (χ4v) is 2.77. The van der Waals surface area contributed by atoms with Crippen LogP contribution in [0, 0.1) is 0 Å². The second kappa shape index (κ2) is 5.45. The van der Waals surface area contributed by atoms with Gasteiger partial charge in [-0.2, -0.15) is 0 Å². The Balaban J connectivity index is 1.72. The minimum absolute atomic E-state index is 0.294. The van der Waals surface area contributed by atoms with Crippen LogP contribution in [-0.4, -0.2) is 18.7 Å². The van der Waals surface area contributed by atoms with Gasteiger partial charge in [-0.1, -0.05) is 18.2 Å². The summed E-state index contributed by atoms with van der Waals surface area (Å²) in [5, 5.41) is 12.8. The van der Waals surface area contributed by atoms with Crippen molar-refractivity contribution in [3.8, 4) is 5.75 Å². The van der Waals surface area contributed by atoms with Crippen molar-refractivity contribution >= 4 is 11.4 Å². The molecule has 0 aliphatic carbocycles. The maximum absolute atomic E-state index is 9.45. The zero-order valence-corrected chi connectivity index (χ0v) is 11.8. The Kier molecular flexibility index (Phi) is 3.50. The normalized spacial score (nSPS) is 13.9. The monoisotopic (exact) mass is 268 g/mol. The summed E-state index contributed by atoms with van der Waals surface area (Å²) in [7, 11) is 2.16. The van der Waals surface area contributed by atoms with Crippen LogP contribution >= 0.6 is 0 Å². The Morgan fingerprint density at radius 2 is 2.10 bits per heavy atom. The number of hydrogen-bond donors (Lipinski definition) is 2. The van der Waals surface area contributed by atoms with Gasteiger partial charge in [0.25, 0.3) is 0 Å². The molecule has 1 aliphatic rings. The molecule has 0 radical (unpaired) electrons. The molecule has 2 N–H and O–H groups in total. The van der Waals surface area contributed by atoms with E-state index >= 15 is 0 Å². The van der Waals surface area contributed by atoms with E-state index in [0.717, 1.165) is 18.8 Å². The largest absolute Gasteiger partial charge is 0.508 e. The Labute approximate surface area is 119 Å². The third kappa shape index (κ3) is 2.72. The molecular formula is C17H20N2O. The summed E-state index contributed by atoms with van der Waals surface area (Å²) in [6.07, 6.45) is 2.40. The molecule has 20 heavy (non-hydrogen) atoms. The van der Waals surface area contributed by atoms with Crippen molar-refractivity contribution in [2.24, 2.45) is 0 Å². The van der Waals surface area contributed by atoms with Crippen molar-refractivity contribution in [3.05, 3.63) is 53.6 Å². The van der Waals surface area contributed by atoms with Gasteiger partial charge in [0.2, 0.25) is 0 Å². The fraction of sp³-hybridized carbons (Fsp3) is 0.294. The van der Waals surface area contributed by atoms with Gasteiger partial charge in [0.1, 0.15) is 5.75 Å². The Bertz CT molecular complexity index is 610. The van der Waals surface area contributed by atoms with E-state index in [2.05, 4.69) is 35.5 Å². The van der Waals surface area contributed by atoms with Crippen LogP contribution in [0.3, 0.4) is 0 Å². The van der Waals surface area contributed by atoms with E-state index in [1.54, 1.807) is 12.1 Å². The highest BCUT2D eigenvalue weighted by Gasteiger charge is 2.13. The predicted molar refractivity (Wildman–Crippen MR) is 83.5 cm³/mol. The number of fused-ring (bicyclic) bond motifs is 1. The summed E-state index contributed by atoms with van der Waals surface area (Å²) < 4.78 is 0. The lowest BCUT2D eigenvalue weighted by Gasteiger charge is -2.27. The second-order valence-electron chi connectivity index (χ2n) is 5.39. The van der Waals surface area contributed by atoms with Gasteiger partial charge in [0.15, 0.2) is 0 Å². The number of phenols is 1. The molecule has 0 unspecified atom stereocenters. The van der Waals surface area contributed by atoms with Gasteiger partial charge in [0.05, 0.1) is 0 Å². The molecule has 2 aromatic carbocycles. The highest BCUT2D eigenvalue weighted by molar-refractivity contribution is 5.57. The zero-order valence-electron chi connectivity index (χ0n) is 11.8. The van der Waals surface area contributed by atoms with Crippen LogP contribution < -0.4 is 10.2 Å². The van der Waals surface area contributed by atoms with Gasteiger partial charge in [-0.15, -0.1) is 0 Å². The topological polar surface area (TPSA) is 35.5 Å². The minimum atomic E-state index is 0.294. The number of benzene rings is 2. The van der Waals surface area contributed by atoms with Gasteiger partial charge in [-0.25, -0.2) is 0 Å². The van der Waals surface area contributed by atoms with Crippen LogP contribution in [0.5, 0.6) is 5.75 Å². The standard InChI is InChI=1S/C17H20N2O/c1-19-9-3-4-14-10-13(7-8-17(14)19)12-18-15-5-2-6-16(20)11-15/h2,5-8,10-11,18,20H,3-4,9,12H2,1H3. The quantitative estimate of drug-likeness (QED) is 0.895. The molecule has 0 atom stereocenters. The number of hydrogen-bond acceptors (Lipinski definition) is 3. The summed E-state index contributed by atoms with van der Waals surface area (Å²) in [5.41, 5.74) is 5.02. The van der Waals surface area contributed by atoms with E-state index < -0.39 is 0 Å². The van der Waals surface area contributed by atoms with E-state index in [1.165, 1.54) is 29.7 Å². The molecule has 0 aromatic heterocycles. The number of aryl methyl sites for hydroxylation is 1. The molecule has 0 fully saturated rings. The molecule has 0 amide bonds. The zero-order chi connectivity index (χ0) is 13.9. The molecule has 1 aliphatic heterocycles. The van der Waals surface area contributed by atoms with Crippen LogP contribution in [0.15, 0.2) is 42.5 Å². The van der Waals surface area contributed by atoms with Gasteiger partial charge in [-0.3, -0.25) is 0 Å². The minimum Gasteiger partial charge on any atom is -0.508 e. The summed E-state index contributed by atoms with van der Waals surface area (Å²) in [4.78, 5) is 2.32. The number of phenolic OH excluding ortho intramolecular Hbond substituents is 1. The summed E-state index contributed by atoms with van der Waals surface area (Å²) in [5.74, 6) is 0.294. The Hall–Kier alpha value is -2.16. The fourth-order valence-electron chi connectivity index (χ4n) is 2.77. The van der Waals surface area contributed by atoms with E-state index in [1.807, 2.05) is 12.1 Å². The Morgan fingerprint density at radius 3 is 2.95 bits per heavy atom. The molecular weight excluding hydrogens is 248 g/mol.